The molecule has 1 aliphatic heterocycles. The molecule has 0 aromatic heterocycles. The maximum atomic E-state index is 10.8. The minimum absolute atomic E-state index is 0.134. The van der Waals surface area contributed by atoms with Crippen LogP contribution < -0.4 is 9.46 Å². The Morgan fingerprint density at radius 2 is 2.08 bits per heavy atom. The summed E-state index contributed by atoms with van der Waals surface area (Å²) in [6, 6.07) is 11.1. The van der Waals surface area contributed by atoms with Crippen LogP contribution in [0.1, 0.15) is 22.3 Å². The van der Waals surface area contributed by atoms with Gasteiger partial charge in [0.1, 0.15) is 5.75 Å². The van der Waals surface area contributed by atoms with Crippen LogP contribution in [0.25, 0.3) is 11.1 Å². The van der Waals surface area contributed by atoms with Crippen molar-refractivity contribution in [3.63, 3.8) is 0 Å². The molecule has 2 aromatic rings. The summed E-state index contributed by atoms with van der Waals surface area (Å²) >= 11 is -2.37. The monoisotopic (exact) mass is 367 g/mol. The van der Waals surface area contributed by atoms with Gasteiger partial charge in [-0.3, -0.25) is 4.21 Å². The van der Waals surface area contributed by atoms with E-state index in [1.807, 2.05) is 12.1 Å². The third-order valence-electron chi connectivity index (χ3n) is 4.29. The molecule has 8 heteroatoms. The first kappa shape index (κ1) is 17.9. The third-order valence-corrected chi connectivity index (χ3v) is 4.67. The smallest absolute Gasteiger partial charge is 0.179 e. The molecule has 0 spiro atoms. The minimum Gasteiger partial charge on any atom is -0.760 e. The number of benzene rings is 2. The van der Waals surface area contributed by atoms with E-state index in [1.54, 1.807) is 30.2 Å². The second kappa shape index (κ2) is 7.54. The fourth-order valence-electron chi connectivity index (χ4n) is 3.10. The summed E-state index contributed by atoms with van der Waals surface area (Å²) in [5.74, 6) is 0.618. The third kappa shape index (κ3) is 3.53. The average molecular weight is 367 g/mol. The van der Waals surface area contributed by atoms with Crippen LogP contribution in [-0.4, -0.2) is 20.8 Å². The second-order valence-corrected chi connectivity index (χ2v) is 6.57. The predicted octanol–water partition coefficient (Wildman–Crippen LogP) is 1.91. The Morgan fingerprint density at radius 1 is 1.27 bits per heavy atom. The fraction of sp³-hybridized carbons (Fsp3) is 0.222. The number of hydrogen-bond donors (Lipinski definition) is 1. The van der Waals surface area contributed by atoms with Gasteiger partial charge in [0.15, 0.2) is 6.19 Å². The molecule has 1 unspecified atom stereocenters. The van der Waals surface area contributed by atoms with Crippen LogP contribution in [0.3, 0.4) is 0 Å². The van der Waals surface area contributed by atoms with Gasteiger partial charge in [-0.1, -0.05) is 6.07 Å². The highest BCUT2D eigenvalue weighted by Crippen LogP contribution is 2.37. The molecular formula is C18H15N4O3S-. The molecule has 0 amide bonds. The first-order chi connectivity index (χ1) is 12.5. The molecule has 1 heterocycles. The van der Waals surface area contributed by atoms with Gasteiger partial charge in [0.05, 0.1) is 31.8 Å². The van der Waals surface area contributed by atoms with E-state index in [9.17, 15) is 19.3 Å². The van der Waals surface area contributed by atoms with Crippen LogP contribution in [-0.2, 0) is 30.9 Å². The maximum Gasteiger partial charge on any atom is 0.179 e. The van der Waals surface area contributed by atoms with Crippen molar-refractivity contribution in [1.29, 1.82) is 10.5 Å². The number of hydrogen-bond acceptors (Lipinski definition) is 6. The highest BCUT2D eigenvalue weighted by atomic mass is 32.2. The van der Waals surface area contributed by atoms with Crippen molar-refractivity contribution in [2.45, 2.75) is 19.6 Å². The summed E-state index contributed by atoms with van der Waals surface area (Å²) in [4.78, 5) is 1.61. The lowest BCUT2D eigenvalue weighted by Crippen LogP contribution is -2.16. The maximum absolute atomic E-state index is 10.8. The van der Waals surface area contributed by atoms with Crippen molar-refractivity contribution >= 4 is 11.3 Å². The van der Waals surface area contributed by atoms with E-state index >= 15 is 0 Å². The molecular weight excluding hydrogens is 352 g/mol. The Morgan fingerprint density at radius 3 is 2.73 bits per heavy atom. The van der Waals surface area contributed by atoms with Gasteiger partial charge in [-0.05, 0) is 46.5 Å². The van der Waals surface area contributed by atoms with E-state index in [-0.39, 0.29) is 6.54 Å². The quantitative estimate of drug-likeness (QED) is 0.638. The summed E-state index contributed by atoms with van der Waals surface area (Å²) in [7, 11) is 1.55. The Bertz CT molecular complexity index is 962. The molecule has 3 rings (SSSR count). The molecule has 0 saturated heterocycles. The van der Waals surface area contributed by atoms with Gasteiger partial charge in [0.2, 0.25) is 0 Å². The number of nitrogens with one attached hydrogen (secondary N) is 1. The highest BCUT2D eigenvalue weighted by molar-refractivity contribution is 7.77. The summed E-state index contributed by atoms with van der Waals surface area (Å²) in [5, 5.41) is 18.7. The minimum atomic E-state index is -2.37. The molecule has 0 fully saturated rings. The normalized spacial score (nSPS) is 13.6. The van der Waals surface area contributed by atoms with Gasteiger partial charge in [0.25, 0.3) is 0 Å². The molecule has 0 radical (unpaired) electrons. The first-order valence-electron chi connectivity index (χ1n) is 7.76. The van der Waals surface area contributed by atoms with Gasteiger partial charge in [-0.25, -0.2) is 4.72 Å². The van der Waals surface area contributed by atoms with Crippen molar-refractivity contribution < 1.29 is 13.5 Å². The van der Waals surface area contributed by atoms with Gasteiger partial charge in [0, 0.05) is 23.4 Å². The lowest BCUT2D eigenvalue weighted by molar-refractivity contribution is 0.415. The van der Waals surface area contributed by atoms with E-state index < -0.39 is 11.3 Å². The number of ether oxygens (including phenoxy) is 1. The van der Waals surface area contributed by atoms with Crippen LogP contribution in [0.5, 0.6) is 5.75 Å². The Hall–Kier alpha value is -2.91. The number of fused-ring (bicyclic) bond motifs is 1. The molecule has 1 aliphatic rings. The zero-order chi connectivity index (χ0) is 18.7. The summed E-state index contributed by atoms with van der Waals surface area (Å²) in [5.41, 5.74) is 4.67. The van der Waals surface area contributed by atoms with E-state index in [0.29, 0.717) is 30.0 Å². The number of nitriles is 2. The van der Waals surface area contributed by atoms with Crippen molar-refractivity contribution in [1.82, 2.24) is 9.62 Å². The number of methoxy groups -OCH3 is 1. The molecule has 1 atom stereocenters. The SMILES string of the molecule is COc1ccc(C#N)c(-c2cc(CNS(=O)[O-])cc3c2CN(C#N)C3)c1. The van der Waals surface area contributed by atoms with Crippen molar-refractivity contribution in [3.8, 4) is 29.1 Å². The standard InChI is InChI=1S/C18H16N4O3S/c1-25-15-3-2-13(7-19)16(6-15)17-5-12(8-21-26(23)24)4-14-9-22(11-20)10-18(14)17/h2-6,21H,8-10H2,1H3,(H,23,24)/p-1. The van der Waals surface area contributed by atoms with Crippen molar-refractivity contribution in [2.24, 2.45) is 0 Å². The largest absolute Gasteiger partial charge is 0.760 e. The summed E-state index contributed by atoms with van der Waals surface area (Å²) in [6.07, 6.45) is 2.14. The van der Waals surface area contributed by atoms with E-state index in [2.05, 4.69) is 17.0 Å². The second-order valence-electron chi connectivity index (χ2n) is 5.82. The molecule has 26 heavy (non-hydrogen) atoms. The van der Waals surface area contributed by atoms with Gasteiger partial charge in [-0.2, -0.15) is 10.5 Å². The summed E-state index contributed by atoms with van der Waals surface area (Å²) < 4.78 is 29.3. The van der Waals surface area contributed by atoms with Crippen LogP contribution in [0.4, 0.5) is 0 Å². The summed E-state index contributed by atoms with van der Waals surface area (Å²) in [6.45, 7) is 1.04. The number of nitrogens with zero attached hydrogens (tertiary/aromatic N) is 3. The molecule has 0 bridgehead atoms. The molecule has 7 nitrogen and oxygen atoms in total. The van der Waals surface area contributed by atoms with Crippen molar-refractivity contribution in [3.05, 3.63) is 52.6 Å². The van der Waals surface area contributed by atoms with Crippen LogP contribution in [0, 0.1) is 22.8 Å². The molecule has 0 aliphatic carbocycles. The zero-order valence-corrected chi connectivity index (χ0v) is 14.8. The predicted molar refractivity (Wildman–Crippen MR) is 93.8 cm³/mol. The molecule has 2 aromatic carbocycles. The molecule has 0 saturated carbocycles. The highest BCUT2D eigenvalue weighted by Gasteiger charge is 2.24. The van der Waals surface area contributed by atoms with Crippen LogP contribution >= 0.6 is 0 Å². The lowest BCUT2D eigenvalue weighted by atomic mass is 9.91. The van der Waals surface area contributed by atoms with E-state index in [0.717, 1.165) is 22.3 Å². The first-order valence-corrected chi connectivity index (χ1v) is 8.83. The average Bonchev–Trinajstić information content (AvgIpc) is 3.08. The fourth-order valence-corrected chi connectivity index (χ4v) is 3.39. The van der Waals surface area contributed by atoms with Gasteiger partial charge < -0.3 is 14.2 Å². The van der Waals surface area contributed by atoms with Crippen LogP contribution in [0.15, 0.2) is 30.3 Å². The van der Waals surface area contributed by atoms with Gasteiger partial charge in [-0.15, -0.1) is 0 Å². The topological polar surface area (TPSA) is 112 Å². The van der Waals surface area contributed by atoms with E-state index in [4.69, 9.17) is 4.74 Å². The van der Waals surface area contributed by atoms with E-state index in [1.165, 1.54) is 0 Å². The lowest BCUT2D eigenvalue weighted by Gasteiger charge is -2.15. The molecule has 1 N–H and O–H groups in total. The zero-order valence-electron chi connectivity index (χ0n) is 14.0. The Balaban J connectivity index is 2.16. The Kier molecular flexibility index (Phi) is 5.19. The van der Waals surface area contributed by atoms with Crippen molar-refractivity contribution in [2.75, 3.05) is 7.11 Å². The molecule has 132 valence electrons. The van der Waals surface area contributed by atoms with Crippen LogP contribution in [0.2, 0.25) is 0 Å². The number of rotatable bonds is 5. The van der Waals surface area contributed by atoms with Gasteiger partial charge >= 0.3 is 0 Å². The Labute approximate surface area is 153 Å².